The van der Waals surface area contributed by atoms with E-state index in [9.17, 15) is 9.59 Å². The summed E-state index contributed by atoms with van der Waals surface area (Å²) in [5.41, 5.74) is 0.230. The van der Waals surface area contributed by atoms with Gasteiger partial charge in [-0.15, -0.1) is 0 Å². The van der Waals surface area contributed by atoms with Crippen molar-refractivity contribution in [1.29, 1.82) is 0 Å². The molecule has 0 aromatic heterocycles. The van der Waals surface area contributed by atoms with Crippen LogP contribution in [-0.4, -0.2) is 29.1 Å². The lowest BCUT2D eigenvalue weighted by atomic mass is 9.39. The van der Waals surface area contributed by atoms with Crippen molar-refractivity contribution in [2.75, 3.05) is 0 Å². The molecule has 0 radical (unpaired) electrons. The summed E-state index contributed by atoms with van der Waals surface area (Å²) in [6, 6.07) is 0. The molecule has 2 bridgehead atoms. The fourth-order valence-corrected chi connectivity index (χ4v) is 8.86. The number of ketones is 1. The van der Waals surface area contributed by atoms with Gasteiger partial charge in [-0.2, -0.15) is 0 Å². The van der Waals surface area contributed by atoms with E-state index in [1.807, 2.05) is 6.08 Å². The molecule has 1 saturated heterocycles. The van der Waals surface area contributed by atoms with Crippen LogP contribution >= 0.6 is 0 Å². The Morgan fingerprint density at radius 1 is 1.06 bits per heavy atom. The van der Waals surface area contributed by atoms with Crippen LogP contribution in [0.4, 0.5) is 0 Å². The first-order valence-corrected chi connectivity index (χ1v) is 13.7. The lowest BCUT2D eigenvalue weighted by molar-refractivity contribution is -0.375. The van der Waals surface area contributed by atoms with E-state index < -0.39 is 5.60 Å². The van der Waals surface area contributed by atoms with E-state index in [-0.39, 0.29) is 34.3 Å². The van der Waals surface area contributed by atoms with Crippen LogP contribution in [0.15, 0.2) is 23.8 Å². The van der Waals surface area contributed by atoms with Gasteiger partial charge in [-0.25, -0.2) is 0 Å². The molecule has 34 heavy (non-hydrogen) atoms. The van der Waals surface area contributed by atoms with Gasteiger partial charge in [-0.05, 0) is 85.2 Å². The largest absolute Gasteiger partial charge is 0.462 e. The molecule has 4 fully saturated rings. The number of rotatable bonds is 5. The minimum absolute atomic E-state index is 0.120. The number of esters is 1. The number of fused-ring (bicyclic) bond motifs is 2. The van der Waals surface area contributed by atoms with Gasteiger partial charge >= 0.3 is 5.97 Å². The molecular formula is C30H44O4. The Bertz CT molecular complexity index is 947. The summed E-state index contributed by atoms with van der Waals surface area (Å²) < 4.78 is 12.4. The maximum atomic E-state index is 13.7. The molecule has 2 heterocycles. The van der Waals surface area contributed by atoms with E-state index in [0.717, 1.165) is 32.1 Å². The smallest absolute Gasteiger partial charge is 0.302 e. The van der Waals surface area contributed by atoms with E-state index in [1.165, 1.54) is 18.9 Å². The zero-order valence-corrected chi connectivity index (χ0v) is 22.3. The minimum atomic E-state index is -0.802. The van der Waals surface area contributed by atoms with Gasteiger partial charge in [0, 0.05) is 18.8 Å². The van der Waals surface area contributed by atoms with Gasteiger partial charge in [0.25, 0.3) is 0 Å². The summed E-state index contributed by atoms with van der Waals surface area (Å²) in [6.45, 7) is 15.5. The molecular weight excluding hydrogens is 424 g/mol. The summed E-state index contributed by atoms with van der Waals surface area (Å²) in [5.74, 6) is 2.72. The number of carbonyl (C=O) groups excluding carboxylic acids is 2. The molecule has 188 valence electrons. The van der Waals surface area contributed by atoms with Crippen molar-refractivity contribution in [3.8, 4) is 0 Å². The molecule has 0 aromatic rings. The van der Waals surface area contributed by atoms with Gasteiger partial charge in [0.05, 0.1) is 5.60 Å². The van der Waals surface area contributed by atoms with E-state index >= 15 is 0 Å². The molecule has 2 aliphatic heterocycles. The first-order chi connectivity index (χ1) is 15.9. The Morgan fingerprint density at radius 2 is 1.79 bits per heavy atom. The Morgan fingerprint density at radius 3 is 2.47 bits per heavy atom. The van der Waals surface area contributed by atoms with Crippen molar-refractivity contribution < 1.29 is 19.1 Å². The molecule has 6 rings (SSSR count). The SMILES string of the molecule is CC(=O)O[C@H]1CC[C@@]2(C)[C@@]3(C1)O[C@@]21CC[C@]2(C)[C@@H]([C@H](C)/C=C/[C@H](C)C(C)C)CC[C@H]2C1=CC3=O. The molecule has 0 unspecified atom stereocenters. The van der Waals surface area contributed by atoms with Crippen molar-refractivity contribution in [3.63, 3.8) is 0 Å². The lowest BCUT2D eigenvalue weighted by Crippen LogP contribution is -2.84. The zero-order valence-electron chi connectivity index (χ0n) is 22.3. The highest BCUT2D eigenvalue weighted by Crippen LogP contribution is 2.76. The first kappa shape index (κ1) is 24.3. The van der Waals surface area contributed by atoms with Crippen molar-refractivity contribution in [3.05, 3.63) is 23.8 Å². The molecule has 0 aromatic carbocycles. The summed E-state index contributed by atoms with van der Waals surface area (Å²) in [4.78, 5) is 25.2. The van der Waals surface area contributed by atoms with Crippen LogP contribution in [0.25, 0.3) is 0 Å². The van der Waals surface area contributed by atoms with Crippen molar-refractivity contribution >= 4 is 11.8 Å². The topological polar surface area (TPSA) is 52.6 Å². The number of carbonyl (C=O) groups is 2. The predicted octanol–water partition coefficient (Wildman–Crippen LogP) is 6.44. The van der Waals surface area contributed by atoms with E-state index in [0.29, 0.717) is 36.0 Å². The third-order valence-corrected chi connectivity index (χ3v) is 11.3. The van der Waals surface area contributed by atoms with Crippen LogP contribution in [-0.2, 0) is 19.1 Å². The average Bonchev–Trinajstić information content (AvgIpc) is 3.12. The van der Waals surface area contributed by atoms with Crippen LogP contribution in [0.2, 0.25) is 0 Å². The van der Waals surface area contributed by atoms with E-state index in [1.54, 1.807) is 0 Å². The average molecular weight is 469 g/mol. The molecule has 2 spiro atoms. The fraction of sp³-hybridized carbons (Fsp3) is 0.800. The third kappa shape index (κ3) is 2.99. The van der Waals surface area contributed by atoms with Gasteiger partial charge in [-0.1, -0.05) is 53.7 Å². The molecule has 4 heteroatoms. The summed E-state index contributed by atoms with van der Waals surface area (Å²) >= 11 is 0. The van der Waals surface area contributed by atoms with Crippen molar-refractivity contribution in [2.24, 2.45) is 40.4 Å². The van der Waals surface area contributed by atoms with Gasteiger partial charge < -0.3 is 9.47 Å². The Balaban J connectivity index is 1.42. The van der Waals surface area contributed by atoms with Gasteiger partial charge in [-0.3, -0.25) is 9.59 Å². The molecule has 4 nitrogen and oxygen atoms in total. The van der Waals surface area contributed by atoms with E-state index in [4.69, 9.17) is 9.47 Å². The standard InChI is InChI=1S/C30H44O4/c1-18(2)19(3)8-9-20(4)23-10-11-24-25-16-26(32)30-17-22(33-21(5)31)12-13-28(30,7)29(25,34-30)15-14-27(23,24)6/h8-9,16,18-20,22-24H,10-15,17H2,1-7H3/b9-8+/t19-,20+,22-,23+,24-,27+,28+,29+,30-/m0/s1. The van der Waals surface area contributed by atoms with Crippen LogP contribution in [0.3, 0.4) is 0 Å². The van der Waals surface area contributed by atoms with Crippen LogP contribution < -0.4 is 0 Å². The summed E-state index contributed by atoms with van der Waals surface area (Å²) in [6.07, 6.45) is 13.4. The second-order valence-corrected chi connectivity index (χ2v) is 13.1. The van der Waals surface area contributed by atoms with Gasteiger partial charge in [0.1, 0.15) is 11.7 Å². The lowest BCUT2D eigenvalue weighted by Gasteiger charge is -2.76. The quantitative estimate of drug-likeness (QED) is 0.344. The second kappa shape index (κ2) is 7.79. The fourth-order valence-electron chi connectivity index (χ4n) is 8.86. The monoisotopic (exact) mass is 468 g/mol. The summed E-state index contributed by atoms with van der Waals surface area (Å²) in [5, 5.41) is 0. The maximum Gasteiger partial charge on any atom is 0.302 e. The third-order valence-electron chi connectivity index (χ3n) is 11.3. The van der Waals surface area contributed by atoms with Gasteiger partial charge in [0.15, 0.2) is 5.78 Å². The first-order valence-electron chi connectivity index (χ1n) is 13.7. The molecule has 0 N–H and O–H groups in total. The van der Waals surface area contributed by atoms with Gasteiger partial charge in [0.2, 0.25) is 0 Å². The van der Waals surface area contributed by atoms with E-state index in [2.05, 4.69) is 53.7 Å². The Hall–Kier alpha value is -1.42. The highest BCUT2D eigenvalue weighted by molar-refractivity contribution is 6.02. The minimum Gasteiger partial charge on any atom is -0.462 e. The number of hydrogen-bond donors (Lipinski definition) is 0. The van der Waals surface area contributed by atoms with Crippen LogP contribution in [0.5, 0.6) is 0 Å². The van der Waals surface area contributed by atoms with Crippen LogP contribution in [0.1, 0.15) is 93.4 Å². The van der Waals surface area contributed by atoms with Crippen molar-refractivity contribution in [2.45, 2.75) is 111 Å². The van der Waals surface area contributed by atoms with Crippen molar-refractivity contribution in [1.82, 2.24) is 0 Å². The highest BCUT2D eigenvalue weighted by atomic mass is 16.6. The maximum absolute atomic E-state index is 13.7. The predicted molar refractivity (Wildman–Crippen MR) is 133 cm³/mol. The molecule has 9 atom stereocenters. The molecule has 3 saturated carbocycles. The van der Waals surface area contributed by atoms with Crippen LogP contribution in [0, 0.1) is 40.4 Å². The normalized spacial score (nSPS) is 46.8. The molecule has 0 amide bonds. The number of hydrogen-bond acceptors (Lipinski definition) is 4. The highest BCUT2D eigenvalue weighted by Gasteiger charge is 2.82. The number of ether oxygens (including phenoxy) is 2. The second-order valence-electron chi connectivity index (χ2n) is 13.1. The molecule has 4 aliphatic carbocycles. The zero-order chi connectivity index (χ0) is 24.7. The summed E-state index contributed by atoms with van der Waals surface area (Å²) in [7, 11) is 0. The Labute approximate surface area is 205 Å². The molecule has 6 aliphatic rings. The Kier molecular flexibility index (Phi) is 5.56. The number of allylic oxidation sites excluding steroid dienone is 2.